The molecule has 0 aromatic heterocycles. The number of carbonyl (C=O) groups is 2. The van der Waals surface area contributed by atoms with Crippen molar-refractivity contribution in [2.24, 2.45) is 0 Å². The first-order valence-electron chi connectivity index (χ1n) is 33.2. The number of amides is 1. The number of unbranched alkanes of at least 4 members (excludes halogenated alkanes) is 27. The molecule has 0 aliphatic carbocycles. The molecule has 0 bridgehead atoms. The van der Waals surface area contributed by atoms with Crippen molar-refractivity contribution in [1.29, 1.82) is 0 Å². The van der Waals surface area contributed by atoms with Gasteiger partial charge in [-0.25, -0.2) is 0 Å². The van der Waals surface area contributed by atoms with Crippen molar-refractivity contribution in [1.82, 2.24) is 5.32 Å². The van der Waals surface area contributed by atoms with Gasteiger partial charge < -0.3 is 28.5 Å². The molecule has 0 aliphatic heterocycles. The Bertz CT molecular complexity index is 1750. The lowest BCUT2D eigenvalue weighted by Gasteiger charge is -2.30. The SMILES string of the molecule is CCCCC/C=C\C/C=C\C/C=C\C/C=C\CCCCCCCCCCCC(=O)NC(COP(=O)([O-])OCC[N+](C)(C)C)C(/C=C\CCCCCCCCCCC)OC(=O)CCCCC/C=C\C/C=C\C/C=C\C/C=C\CCCCC. The fourth-order valence-electron chi connectivity index (χ4n) is 9.02. The van der Waals surface area contributed by atoms with Crippen LogP contribution in [0, 0.1) is 0 Å². The van der Waals surface area contributed by atoms with Gasteiger partial charge in [0.1, 0.15) is 19.3 Å². The standard InChI is InChI=1S/C71H125N2O7P/c1-7-10-13-16-19-22-25-27-29-31-33-34-35-36-37-38-40-41-43-45-48-51-54-57-60-63-70(74)72-68(67-79-81(76,77)78-66-65-73(4,5)6)69(62-59-56-53-50-47-24-21-18-15-12-9-3)80-71(75)64-61-58-55-52-49-46-44-42-39-32-30-28-26-23-20-17-14-11-8-2/h19-20,22-23,27-30,33-34,36-37,39,42,46,49,59,62,68-69H,7-18,21,24-26,31-32,35,38,40-41,43-45,47-48,50-58,60-61,63-67H2,1-6H3,(H-,72,74,76,77)/b22-19-,23-20-,29-27-,30-28-,34-33-,37-36-,42-39-,49-46-,62-59-. The summed E-state index contributed by atoms with van der Waals surface area (Å²) >= 11 is 0. The Morgan fingerprint density at radius 1 is 0.432 bits per heavy atom. The highest BCUT2D eigenvalue weighted by Crippen LogP contribution is 2.38. The van der Waals surface area contributed by atoms with Crippen LogP contribution in [-0.2, 0) is 27.9 Å². The number of carbonyl (C=O) groups excluding carboxylic acids is 2. The third-order valence-electron chi connectivity index (χ3n) is 14.2. The van der Waals surface area contributed by atoms with Gasteiger partial charge in [0.25, 0.3) is 7.82 Å². The van der Waals surface area contributed by atoms with E-state index in [1.165, 1.54) is 128 Å². The Kier molecular flexibility index (Phi) is 57.4. The minimum atomic E-state index is -4.72. The van der Waals surface area contributed by atoms with Crippen LogP contribution in [0.3, 0.4) is 0 Å². The molecule has 1 N–H and O–H groups in total. The molecule has 0 aliphatic rings. The first-order valence-corrected chi connectivity index (χ1v) is 34.7. The lowest BCUT2D eigenvalue weighted by molar-refractivity contribution is -0.870. The van der Waals surface area contributed by atoms with Crippen molar-refractivity contribution in [3.05, 3.63) is 109 Å². The maximum atomic E-state index is 13.6. The molecular formula is C71H125N2O7P. The first-order chi connectivity index (χ1) is 39.4. The van der Waals surface area contributed by atoms with Crippen molar-refractivity contribution in [3.8, 4) is 0 Å². The van der Waals surface area contributed by atoms with Crippen LogP contribution in [0.25, 0.3) is 0 Å². The molecule has 0 spiro atoms. The van der Waals surface area contributed by atoms with Crippen LogP contribution in [0.1, 0.15) is 278 Å². The van der Waals surface area contributed by atoms with E-state index in [4.69, 9.17) is 13.8 Å². The maximum Gasteiger partial charge on any atom is 0.306 e. The average Bonchev–Trinajstić information content (AvgIpc) is 3.44. The van der Waals surface area contributed by atoms with Gasteiger partial charge >= 0.3 is 5.97 Å². The van der Waals surface area contributed by atoms with Gasteiger partial charge in [0.15, 0.2) is 0 Å². The summed E-state index contributed by atoms with van der Waals surface area (Å²) < 4.78 is 30.3. The second kappa shape index (κ2) is 59.8. The minimum Gasteiger partial charge on any atom is -0.756 e. The number of quaternary nitrogens is 1. The molecule has 0 fully saturated rings. The molecule has 0 aromatic carbocycles. The van der Waals surface area contributed by atoms with Crippen LogP contribution in [0.5, 0.6) is 0 Å². The van der Waals surface area contributed by atoms with E-state index < -0.39 is 26.6 Å². The second-order valence-electron chi connectivity index (χ2n) is 23.3. The molecule has 3 unspecified atom stereocenters. The number of phosphoric ester groups is 1. The fourth-order valence-corrected chi connectivity index (χ4v) is 9.74. The Morgan fingerprint density at radius 2 is 0.753 bits per heavy atom. The maximum absolute atomic E-state index is 13.6. The molecule has 9 nitrogen and oxygen atoms in total. The summed E-state index contributed by atoms with van der Waals surface area (Å²) in [6.45, 7) is 6.75. The molecule has 0 rings (SSSR count). The molecule has 81 heavy (non-hydrogen) atoms. The summed E-state index contributed by atoms with van der Waals surface area (Å²) in [7, 11) is 1.15. The minimum absolute atomic E-state index is 0.0342. The third-order valence-corrected chi connectivity index (χ3v) is 15.1. The smallest absolute Gasteiger partial charge is 0.306 e. The zero-order chi connectivity index (χ0) is 59.3. The quantitative estimate of drug-likeness (QED) is 0.0212. The number of nitrogens with one attached hydrogen (secondary N) is 1. The van der Waals surface area contributed by atoms with Crippen LogP contribution in [0.2, 0.25) is 0 Å². The normalized spacial score (nSPS) is 14.3. The number of allylic oxidation sites excluding steroid dienone is 17. The number of nitrogens with zero attached hydrogens (tertiary/aromatic N) is 1. The third kappa shape index (κ3) is 61.1. The van der Waals surface area contributed by atoms with E-state index in [1.807, 2.05) is 33.3 Å². The van der Waals surface area contributed by atoms with Gasteiger partial charge in [-0.15, -0.1) is 0 Å². The van der Waals surface area contributed by atoms with Crippen molar-refractivity contribution in [2.75, 3.05) is 40.9 Å². The Labute approximate surface area is 500 Å². The largest absolute Gasteiger partial charge is 0.756 e. The van der Waals surface area contributed by atoms with Gasteiger partial charge in [-0.2, -0.15) is 0 Å². The highest BCUT2D eigenvalue weighted by Gasteiger charge is 2.27. The summed E-state index contributed by atoms with van der Waals surface area (Å²) in [6, 6.07) is -0.912. The summed E-state index contributed by atoms with van der Waals surface area (Å²) in [6.07, 6.45) is 82.0. The van der Waals surface area contributed by atoms with E-state index in [0.717, 1.165) is 109 Å². The van der Waals surface area contributed by atoms with Crippen molar-refractivity contribution < 1.29 is 37.3 Å². The van der Waals surface area contributed by atoms with E-state index in [2.05, 4.69) is 123 Å². The van der Waals surface area contributed by atoms with Gasteiger partial charge in [0.2, 0.25) is 5.91 Å². The Morgan fingerprint density at radius 3 is 1.16 bits per heavy atom. The highest BCUT2D eigenvalue weighted by atomic mass is 31.2. The van der Waals surface area contributed by atoms with Crippen LogP contribution in [0.15, 0.2) is 109 Å². The highest BCUT2D eigenvalue weighted by molar-refractivity contribution is 7.45. The average molecular weight is 1150 g/mol. The van der Waals surface area contributed by atoms with Gasteiger partial charge in [-0.3, -0.25) is 14.2 Å². The van der Waals surface area contributed by atoms with Crippen LogP contribution >= 0.6 is 7.82 Å². The molecule has 3 atom stereocenters. The molecule has 0 heterocycles. The summed E-state index contributed by atoms with van der Waals surface area (Å²) in [5, 5.41) is 3.02. The number of rotatable bonds is 59. The van der Waals surface area contributed by atoms with Crippen LogP contribution in [-0.4, -0.2) is 69.4 Å². The van der Waals surface area contributed by atoms with Crippen molar-refractivity contribution in [3.63, 3.8) is 0 Å². The summed E-state index contributed by atoms with van der Waals surface area (Å²) in [5.41, 5.74) is 0. The van der Waals surface area contributed by atoms with E-state index in [0.29, 0.717) is 23.9 Å². The Balaban J connectivity index is 5.18. The molecule has 0 aromatic rings. The molecule has 0 radical (unpaired) electrons. The number of hydrogen-bond donors (Lipinski definition) is 1. The van der Waals surface area contributed by atoms with Gasteiger partial charge in [-0.05, 0) is 122 Å². The first kappa shape index (κ1) is 77.7. The molecule has 466 valence electrons. The molecule has 10 heteroatoms. The number of ether oxygens (including phenoxy) is 1. The monoisotopic (exact) mass is 1150 g/mol. The lowest BCUT2D eigenvalue weighted by Crippen LogP contribution is -2.47. The van der Waals surface area contributed by atoms with E-state index >= 15 is 0 Å². The van der Waals surface area contributed by atoms with Crippen LogP contribution < -0.4 is 10.2 Å². The van der Waals surface area contributed by atoms with E-state index in [1.54, 1.807) is 0 Å². The van der Waals surface area contributed by atoms with E-state index in [-0.39, 0.29) is 24.9 Å². The van der Waals surface area contributed by atoms with E-state index in [9.17, 15) is 19.0 Å². The van der Waals surface area contributed by atoms with Crippen molar-refractivity contribution >= 4 is 19.7 Å². The number of likely N-dealkylation sites (N-methyl/N-ethyl adjacent to an activating group) is 1. The molecule has 0 saturated carbocycles. The number of phosphoric acid groups is 1. The van der Waals surface area contributed by atoms with Crippen LogP contribution in [0.4, 0.5) is 0 Å². The second-order valence-corrected chi connectivity index (χ2v) is 24.7. The lowest BCUT2D eigenvalue weighted by atomic mass is 10.0. The summed E-state index contributed by atoms with van der Waals surface area (Å²) in [5.74, 6) is -0.588. The molecular weight excluding hydrogens is 1020 g/mol. The van der Waals surface area contributed by atoms with Gasteiger partial charge in [0.05, 0.1) is 33.8 Å². The van der Waals surface area contributed by atoms with Crippen molar-refractivity contribution in [2.45, 2.75) is 290 Å². The number of esters is 1. The number of hydrogen-bond acceptors (Lipinski definition) is 7. The Hall–Kier alpha value is -3.33. The summed E-state index contributed by atoms with van der Waals surface area (Å²) in [4.78, 5) is 40.1. The topological polar surface area (TPSA) is 114 Å². The zero-order valence-corrected chi connectivity index (χ0v) is 54.1. The zero-order valence-electron chi connectivity index (χ0n) is 53.2. The fraction of sp³-hybridized carbons (Fsp3) is 0.718. The molecule has 0 saturated heterocycles. The van der Waals surface area contributed by atoms with Gasteiger partial charge in [0, 0.05) is 12.8 Å². The predicted octanol–water partition coefficient (Wildman–Crippen LogP) is 20.3. The molecule has 1 amide bonds. The predicted molar refractivity (Wildman–Crippen MR) is 348 cm³/mol. The van der Waals surface area contributed by atoms with Gasteiger partial charge in [-0.1, -0.05) is 252 Å².